The van der Waals surface area contributed by atoms with Crippen LogP contribution in [0.5, 0.6) is 0 Å². The van der Waals surface area contributed by atoms with Crippen LogP contribution in [0.25, 0.3) is 0 Å². The van der Waals surface area contributed by atoms with E-state index in [1.165, 1.54) is 24.2 Å². The lowest BCUT2D eigenvalue weighted by Gasteiger charge is -2.17. The monoisotopic (exact) mass is 330 g/mol. The lowest BCUT2D eigenvalue weighted by atomic mass is 10.1. The van der Waals surface area contributed by atoms with Gasteiger partial charge in [-0.1, -0.05) is 32.6 Å². The normalized spacial score (nSPS) is 17.8. The van der Waals surface area contributed by atoms with Crippen molar-refractivity contribution in [1.82, 2.24) is 10.0 Å². The second kappa shape index (κ2) is 7.72. The zero-order valence-electron chi connectivity index (χ0n) is 12.9. The van der Waals surface area contributed by atoms with Gasteiger partial charge < -0.3 is 5.32 Å². The average Bonchev–Trinajstić information content (AvgIpc) is 2.64. The first-order chi connectivity index (χ1) is 10.0. The highest BCUT2D eigenvalue weighted by Gasteiger charge is 2.26. The molecule has 2 rings (SSSR count). The largest absolute Gasteiger partial charge is 0.312 e. The summed E-state index contributed by atoms with van der Waals surface area (Å²) in [4.78, 5) is 1.41. The lowest BCUT2D eigenvalue weighted by molar-refractivity contribution is 0.509. The third-order valence-corrected chi connectivity index (χ3v) is 6.95. The molecular weight excluding hydrogens is 304 g/mol. The first kappa shape index (κ1) is 16.9. The molecule has 0 saturated heterocycles. The number of hydrogen-bond donors (Lipinski definition) is 2. The Morgan fingerprint density at radius 3 is 2.52 bits per heavy atom. The molecule has 120 valence electrons. The van der Waals surface area contributed by atoms with E-state index in [2.05, 4.69) is 10.0 Å². The molecule has 1 fully saturated rings. The maximum Gasteiger partial charge on any atom is 0.242 e. The summed E-state index contributed by atoms with van der Waals surface area (Å²) in [5.41, 5.74) is 0.856. The summed E-state index contributed by atoms with van der Waals surface area (Å²) in [5, 5.41) is 5.16. The molecule has 1 saturated carbocycles. The van der Waals surface area contributed by atoms with Gasteiger partial charge in [0.15, 0.2) is 0 Å². The topological polar surface area (TPSA) is 58.2 Å². The van der Waals surface area contributed by atoms with Crippen LogP contribution in [0.1, 0.15) is 55.9 Å². The second-order valence-corrected chi connectivity index (χ2v) is 8.38. The van der Waals surface area contributed by atoms with Crippen molar-refractivity contribution in [3.8, 4) is 0 Å². The summed E-state index contributed by atoms with van der Waals surface area (Å²) in [7, 11) is -3.40. The third-order valence-electron chi connectivity index (χ3n) is 3.97. The number of thiophene rings is 1. The molecule has 4 nitrogen and oxygen atoms in total. The Bertz CT molecular complexity index is 544. The summed E-state index contributed by atoms with van der Waals surface area (Å²) in [6, 6.07) is 0.101. The second-order valence-electron chi connectivity index (χ2n) is 5.76. The predicted molar refractivity (Wildman–Crippen MR) is 88.2 cm³/mol. The van der Waals surface area contributed by atoms with Gasteiger partial charge in [0.05, 0.1) is 0 Å². The minimum absolute atomic E-state index is 0.101. The molecule has 21 heavy (non-hydrogen) atoms. The Labute approximate surface area is 132 Å². The third kappa shape index (κ3) is 4.52. The Hall–Kier alpha value is -0.430. The van der Waals surface area contributed by atoms with Crippen molar-refractivity contribution in [3.63, 3.8) is 0 Å². The molecule has 0 aliphatic heterocycles. The molecular formula is C15H26N2O2S2. The van der Waals surface area contributed by atoms with Gasteiger partial charge in [0.1, 0.15) is 4.90 Å². The van der Waals surface area contributed by atoms with E-state index in [0.717, 1.165) is 42.7 Å². The fourth-order valence-electron chi connectivity index (χ4n) is 2.88. The van der Waals surface area contributed by atoms with Crippen molar-refractivity contribution < 1.29 is 8.42 Å². The van der Waals surface area contributed by atoms with Crippen LogP contribution in [0.15, 0.2) is 10.3 Å². The van der Waals surface area contributed by atoms with E-state index in [9.17, 15) is 8.42 Å². The van der Waals surface area contributed by atoms with Crippen LogP contribution in [-0.4, -0.2) is 21.0 Å². The summed E-state index contributed by atoms with van der Waals surface area (Å²) in [6.45, 7) is 5.37. The smallest absolute Gasteiger partial charge is 0.242 e. The highest BCUT2D eigenvalue weighted by Crippen LogP contribution is 2.28. The van der Waals surface area contributed by atoms with Crippen LogP contribution in [0.3, 0.4) is 0 Å². The van der Waals surface area contributed by atoms with Gasteiger partial charge in [-0.3, -0.25) is 0 Å². The quantitative estimate of drug-likeness (QED) is 0.788. The van der Waals surface area contributed by atoms with Gasteiger partial charge in [-0.05, 0) is 37.3 Å². The zero-order chi connectivity index (χ0) is 15.3. The van der Waals surface area contributed by atoms with E-state index in [4.69, 9.17) is 0 Å². The molecule has 1 aromatic rings. The molecule has 1 heterocycles. The number of nitrogens with one attached hydrogen (secondary N) is 2. The predicted octanol–water partition coefficient (Wildman–Crippen LogP) is 3.17. The fourth-order valence-corrected chi connectivity index (χ4v) is 5.97. The van der Waals surface area contributed by atoms with Gasteiger partial charge in [0.25, 0.3) is 0 Å². The molecule has 6 heteroatoms. The number of aryl methyl sites for hydroxylation is 1. The van der Waals surface area contributed by atoms with Crippen LogP contribution < -0.4 is 10.0 Å². The number of hydrogen-bond acceptors (Lipinski definition) is 4. The van der Waals surface area contributed by atoms with E-state index >= 15 is 0 Å². The molecule has 0 amide bonds. The van der Waals surface area contributed by atoms with Crippen molar-refractivity contribution in [2.75, 3.05) is 6.54 Å². The van der Waals surface area contributed by atoms with Crippen LogP contribution in [0.2, 0.25) is 0 Å². The zero-order valence-corrected chi connectivity index (χ0v) is 14.6. The van der Waals surface area contributed by atoms with Crippen molar-refractivity contribution in [3.05, 3.63) is 15.8 Å². The van der Waals surface area contributed by atoms with Gasteiger partial charge in [0, 0.05) is 17.5 Å². The maximum absolute atomic E-state index is 12.7. The van der Waals surface area contributed by atoms with Crippen LogP contribution in [0.4, 0.5) is 0 Å². The summed E-state index contributed by atoms with van der Waals surface area (Å²) >= 11 is 1.53. The van der Waals surface area contributed by atoms with Crippen molar-refractivity contribution in [2.45, 2.75) is 69.9 Å². The molecule has 0 bridgehead atoms. The molecule has 1 aliphatic rings. The van der Waals surface area contributed by atoms with Gasteiger partial charge >= 0.3 is 0 Å². The summed E-state index contributed by atoms with van der Waals surface area (Å²) in [5.74, 6) is 0. The molecule has 0 atom stereocenters. The van der Waals surface area contributed by atoms with Gasteiger partial charge in [0.2, 0.25) is 10.0 Å². The lowest BCUT2D eigenvalue weighted by Crippen LogP contribution is -2.35. The summed E-state index contributed by atoms with van der Waals surface area (Å²) < 4.78 is 28.4. The van der Waals surface area contributed by atoms with E-state index in [-0.39, 0.29) is 6.04 Å². The minimum Gasteiger partial charge on any atom is -0.312 e. The standard InChI is InChI=1S/C15H26N2O2S2/c1-3-16-10-14-15(12(2)11-20-14)21(18,19)17-13-8-6-4-5-7-9-13/h11,13,16-17H,3-10H2,1-2H3. The van der Waals surface area contributed by atoms with Crippen molar-refractivity contribution in [2.24, 2.45) is 0 Å². The van der Waals surface area contributed by atoms with E-state index in [0.29, 0.717) is 11.4 Å². The van der Waals surface area contributed by atoms with Crippen molar-refractivity contribution >= 4 is 21.4 Å². The van der Waals surface area contributed by atoms with E-state index < -0.39 is 10.0 Å². The fraction of sp³-hybridized carbons (Fsp3) is 0.733. The van der Waals surface area contributed by atoms with Gasteiger partial charge in [-0.2, -0.15) is 0 Å². The molecule has 1 aliphatic carbocycles. The van der Waals surface area contributed by atoms with Crippen molar-refractivity contribution in [1.29, 1.82) is 0 Å². The van der Waals surface area contributed by atoms with E-state index in [1.54, 1.807) is 0 Å². The Balaban J connectivity index is 2.16. The molecule has 0 unspecified atom stereocenters. The highest BCUT2D eigenvalue weighted by atomic mass is 32.2. The van der Waals surface area contributed by atoms with Crippen LogP contribution in [-0.2, 0) is 16.6 Å². The first-order valence-corrected chi connectivity index (χ1v) is 10.2. The molecule has 0 radical (unpaired) electrons. The van der Waals surface area contributed by atoms with Gasteiger partial charge in [-0.15, -0.1) is 11.3 Å². The van der Waals surface area contributed by atoms with Gasteiger partial charge in [-0.25, -0.2) is 13.1 Å². The van der Waals surface area contributed by atoms with E-state index in [1.807, 2.05) is 19.2 Å². The SMILES string of the molecule is CCNCc1scc(C)c1S(=O)(=O)NC1CCCCCC1. The maximum atomic E-state index is 12.7. The molecule has 0 aromatic carbocycles. The minimum atomic E-state index is -3.40. The Morgan fingerprint density at radius 2 is 1.90 bits per heavy atom. The first-order valence-electron chi connectivity index (χ1n) is 7.84. The van der Waals surface area contributed by atoms with Crippen LogP contribution in [0, 0.1) is 6.92 Å². The van der Waals surface area contributed by atoms with Crippen LogP contribution >= 0.6 is 11.3 Å². The summed E-state index contributed by atoms with van der Waals surface area (Å²) in [6.07, 6.45) is 6.62. The number of sulfonamides is 1. The Kier molecular flexibility index (Phi) is 6.22. The number of rotatable bonds is 6. The Morgan fingerprint density at radius 1 is 1.24 bits per heavy atom. The average molecular weight is 331 g/mol. The molecule has 2 N–H and O–H groups in total. The highest BCUT2D eigenvalue weighted by molar-refractivity contribution is 7.89. The molecule has 0 spiro atoms. The molecule has 1 aromatic heterocycles.